The van der Waals surface area contributed by atoms with Gasteiger partial charge in [0, 0.05) is 37.7 Å². The summed E-state index contributed by atoms with van der Waals surface area (Å²) in [5.41, 5.74) is 6.94. The molecule has 1 aromatic rings. The van der Waals surface area contributed by atoms with Gasteiger partial charge >= 0.3 is 0 Å². The van der Waals surface area contributed by atoms with Crippen LogP contribution >= 0.6 is 36.4 Å². The van der Waals surface area contributed by atoms with Crippen LogP contribution in [0.25, 0.3) is 0 Å². The zero-order valence-corrected chi connectivity index (χ0v) is 18.1. The van der Waals surface area contributed by atoms with Crippen molar-refractivity contribution in [2.45, 2.75) is 26.4 Å². The number of piperazine rings is 1. The molecule has 0 unspecified atom stereocenters. The second kappa shape index (κ2) is 12.4. The standard InChI is InChI=1S/C18H27ClN4O2.2ClH/c1-13(2)17(20)18(25)21-11-16(24)23-8-6-22(7-9-23)12-14-4-3-5-15(19)10-14;;/h3-5,10,13,17H,6-9,11-12,20H2,1-2H3,(H,21,25);2*1H/t17-;;/m0../s1. The Labute approximate surface area is 178 Å². The number of hydrogen-bond donors (Lipinski definition) is 2. The summed E-state index contributed by atoms with van der Waals surface area (Å²) < 4.78 is 0. The van der Waals surface area contributed by atoms with E-state index >= 15 is 0 Å². The number of carbonyl (C=O) groups excluding carboxylic acids is 2. The lowest BCUT2D eigenvalue weighted by molar-refractivity contribution is -0.134. The van der Waals surface area contributed by atoms with Crippen LogP contribution in [0.2, 0.25) is 5.02 Å². The van der Waals surface area contributed by atoms with E-state index in [2.05, 4.69) is 16.3 Å². The van der Waals surface area contributed by atoms with E-state index in [0.29, 0.717) is 13.1 Å². The minimum atomic E-state index is -0.581. The Morgan fingerprint density at radius 3 is 2.37 bits per heavy atom. The molecule has 27 heavy (non-hydrogen) atoms. The molecule has 0 saturated carbocycles. The van der Waals surface area contributed by atoms with Crippen LogP contribution in [-0.4, -0.2) is 60.4 Å². The molecular weight excluding hydrogens is 411 g/mol. The Morgan fingerprint density at radius 1 is 1.19 bits per heavy atom. The molecule has 1 aliphatic rings. The normalized spacial score (nSPS) is 15.5. The number of carbonyl (C=O) groups is 2. The van der Waals surface area contributed by atoms with Gasteiger partial charge in [0.25, 0.3) is 0 Å². The Morgan fingerprint density at radius 2 is 1.81 bits per heavy atom. The monoisotopic (exact) mass is 438 g/mol. The first kappa shape index (κ1) is 26.0. The van der Waals surface area contributed by atoms with Gasteiger partial charge in [-0.25, -0.2) is 0 Å². The second-order valence-corrected chi connectivity index (χ2v) is 7.21. The maximum atomic E-state index is 12.2. The molecule has 6 nitrogen and oxygen atoms in total. The third-order valence-corrected chi connectivity index (χ3v) is 4.69. The van der Waals surface area contributed by atoms with E-state index in [1.54, 1.807) is 4.90 Å². The molecular formula is C18H29Cl3N4O2. The molecule has 2 rings (SSSR count). The van der Waals surface area contributed by atoms with E-state index in [-0.39, 0.29) is 49.1 Å². The Bertz CT molecular complexity index is 608. The zero-order chi connectivity index (χ0) is 18.4. The predicted molar refractivity (Wildman–Crippen MR) is 114 cm³/mol. The van der Waals surface area contributed by atoms with Crippen LogP contribution in [0.3, 0.4) is 0 Å². The van der Waals surface area contributed by atoms with Crippen LogP contribution in [-0.2, 0) is 16.1 Å². The highest BCUT2D eigenvalue weighted by Gasteiger charge is 2.23. The highest BCUT2D eigenvalue weighted by atomic mass is 35.5. The minimum absolute atomic E-state index is 0. The predicted octanol–water partition coefficient (Wildman–Crippen LogP) is 1.93. The molecule has 0 aromatic heterocycles. The molecule has 9 heteroatoms. The van der Waals surface area contributed by atoms with E-state index in [1.165, 1.54) is 5.56 Å². The molecule has 3 N–H and O–H groups in total. The van der Waals surface area contributed by atoms with Gasteiger partial charge in [0.2, 0.25) is 11.8 Å². The molecule has 1 saturated heterocycles. The third-order valence-electron chi connectivity index (χ3n) is 4.46. The van der Waals surface area contributed by atoms with E-state index in [9.17, 15) is 9.59 Å². The van der Waals surface area contributed by atoms with Crippen LogP contribution in [0.4, 0.5) is 0 Å². The number of hydrogen-bond acceptors (Lipinski definition) is 4. The number of nitrogens with two attached hydrogens (primary N) is 1. The van der Waals surface area contributed by atoms with Crippen molar-refractivity contribution < 1.29 is 9.59 Å². The van der Waals surface area contributed by atoms with E-state index in [1.807, 2.05) is 32.0 Å². The second-order valence-electron chi connectivity index (χ2n) is 6.77. The van der Waals surface area contributed by atoms with Crippen molar-refractivity contribution in [2.24, 2.45) is 11.7 Å². The summed E-state index contributed by atoms with van der Waals surface area (Å²) in [6.45, 7) is 7.51. The fourth-order valence-electron chi connectivity index (χ4n) is 2.74. The Hall–Kier alpha value is -1.05. The Kier molecular flexibility index (Phi) is 11.9. The van der Waals surface area contributed by atoms with Gasteiger partial charge < -0.3 is 16.0 Å². The van der Waals surface area contributed by atoms with E-state index in [4.69, 9.17) is 17.3 Å². The van der Waals surface area contributed by atoms with Crippen LogP contribution < -0.4 is 11.1 Å². The SMILES string of the molecule is CC(C)[C@H](N)C(=O)NCC(=O)N1CCN(Cc2cccc(Cl)c2)CC1.Cl.Cl. The number of benzene rings is 1. The molecule has 0 bridgehead atoms. The van der Waals surface area contributed by atoms with Crippen molar-refractivity contribution in [3.05, 3.63) is 34.9 Å². The summed E-state index contributed by atoms with van der Waals surface area (Å²) in [4.78, 5) is 28.1. The molecule has 0 radical (unpaired) electrons. The molecule has 1 aliphatic heterocycles. The summed E-state index contributed by atoms with van der Waals surface area (Å²) in [6.07, 6.45) is 0. The largest absolute Gasteiger partial charge is 0.346 e. The summed E-state index contributed by atoms with van der Waals surface area (Å²) >= 11 is 6.01. The molecule has 1 heterocycles. The lowest BCUT2D eigenvalue weighted by atomic mass is 10.1. The number of rotatable bonds is 6. The van der Waals surface area contributed by atoms with Gasteiger partial charge in [0.15, 0.2) is 0 Å². The Balaban J connectivity index is 0.00000338. The fraction of sp³-hybridized carbons (Fsp3) is 0.556. The molecule has 154 valence electrons. The van der Waals surface area contributed by atoms with Gasteiger partial charge in [0.05, 0.1) is 12.6 Å². The maximum absolute atomic E-state index is 12.2. The average molecular weight is 440 g/mol. The molecule has 1 aromatic carbocycles. The maximum Gasteiger partial charge on any atom is 0.242 e. The van der Waals surface area contributed by atoms with Crippen LogP contribution in [0.1, 0.15) is 19.4 Å². The van der Waals surface area contributed by atoms with Gasteiger partial charge in [-0.05, 0) is 23.6 Å². The summed E-state index contributed by atoms with van der Waals surface area (Å²) in [5.74, 6) is -0.292. The highest BCUT2D eigenvalue weighted by Crippen LogP contribution is 2.14. The first-order chi connectivity index (χ1) is 11.9. The number of halogens is 3. The van der Waals surface area contributed by atoms with Crippen molar-refractivity contribution in [2.75, 3.05) is 32.7 Å². The summed E-state index contributed by atoms with van der Waals surface area (Å²) in [7, 11) is 0. The summed E-state index contributed by atoms with van der Waals surface area (Å²) in [6, 6.07) is 7.24. The van der Waals surface area contributed by atoms with Gasteiger partial charge in [-0.1, -0.05) is 37.6 Å². The number of amides is 2. The van der Waals surface area contributed by atoms with Gasteiger partial charge in [0.1, 0.15) is 0 Å². The first-order valence-electron chi connectivity index (χ1n) is 8.64. The first-order valence-corrected chi connectivity index (χ1v) is 9.02. The van der Waals surface area contributed by atoms with Crippen molar-refractivity contribution in [3.8, 4) is 0 Å². The minimum Gasteiger partial charge on any atom is -0.346 e. The van der Waals surface area contributed by atoms with Gasteiger partial charge in [-0.3, -0.25) is 14.5 Å². The third kappa shape index (κ3) is 8.23. The zero-order valence-electron chi connectivity index (χ0n) is 15.7. The number of nitrogens with one attached hydrogen (secondary N) is 1. The van der Waals surface area contributed by atoms with E-state index in [0.717, 1.165) is 24.7 Å². The fourth-order valence-corrected chi connectivity index (χ4v) is 2.96. The number of nitrogens with zero attached hydrogens (tertiary/aromatic N) is 2. The van der Waals surface area contributed by atoms with Crippen LogP contribution in [0.15, 0.2) is 24.3 Å². The van der Waals surface area contributed by atoms with Crippen molar-refractivity contribution in [1.82, 2.24) is 15.1 Å². The van der Waals surface area contributed by atoms with Crippen LogP contribution in [0.5, 0.6) is 0 Å². The average Bonchev–Trinajstić information content (AvgIpc) is 2.59. The lowest BCUT2D eigenvalue weighted by Gasteiger charge is -2.35. The summed E-state index contributed by atoms with van der Waals surface area (Å²) in [5, 5.41) is 3.37. The smallest absolute Gasteiger partial charge is 0.242 e. The molecule has 1 fully saturated rings. The van der Waals surface area contributed by atoms with Crippen molar-refractivity contribution >= 4 is 48.2 Å². The van der Waals surface area contributed by atoms with Gasteiger partial charge in [-0.15, -0.1) is 24.8 Å². The molecule has 2 amide bonds. The van der Waals surface area contributed by atoms with Crippen molar-refractivity contribution in [3.63, 3.8) is 0 Å². The van der Waals surface area contributed by atoms with Gasteiger partial charge in [-0.2, -0.15) is 0 Å². The van der Waals surface area contributed by atoms with E-state index < -0.39 is 6.04 Å². The van der Waals surface area contributed by atoms with Crippen molar-refractivity contribution in [1.29, 1.82) is 0 Å². The lowest BCUT2D eigenvalue weighted by Crippen LogP contribution is -2.52. The highest BCUT2D eigenvalue weighted by molar-refractivity contribution is 6.30. The molecule has 0 spiro atoms. The topological polar surface area (TPSA) is 78.7 Å². The molecule has 0 aliphatic carbocycles. The molecule has 1 atom stereocenters. The quantitative estimate of drug-likeness (QED) is 0.710. The van der Waals surface area contributed by atoms with Crippen LogP contribution in [0, 0.1) is 5.92 Å².